The molecule has 0 N–H and O–H groups in total. The monoisotopic (exact) mass is 505 g/mol. The standard InChI is InChI=1S/C28H31N3O4S/c1-19-8-10-22(11-9-19)12-13-26-27(21(3)29-35-26)36(33,34)30-16-14-23(15-17-30)28(32)31-20(2)18-24-6-4-5-7-25(24)31/h4-13,20,23H,14-18H2,1-3H3. The maximum Gasteiger partial charge on any atom is 0.248 e. The number of piperidine rings is 1. The summed E-state index contributed by atoms with van der Waals surface area (Å²) in [5.41, 5.74) is 4.59. The molecule has 5 rings (SSSR count). The zero-order valence-electron chi connectivity index (χ0n) is 20.8. The van der Waals surface area contributed by atoms with Crippen LogP contribution in [0.15, 0.2) is 57.9 Å². The molecule has 0 saturated carbocycles. The molecule has 2 aliphatic rings. The average Bonchev–Trinajstić information content (AvgIpc) is 3.42. The van der Waals surface area contributed by atoms with Crippen LogP contribution in [0.4, 0.5) is 5.69 Å². The Kier molecular flexibility index (Phi) is 6.57. The van der Waals surface area contributed by atoms with E-state index >= 15 is 0 Å². The van der Waals surface area contributed by atoms with Crippen molar-refractivity contribution in [3.63, 3.8) is 0 Å². The Hall–Kier alpha value is -3.23. The van der Waals surface area contributed by atoms with Crippen LogP contribution in [-0.4, -0.2) is 42.9 Å². The van der Waals surface area contributed by atoms with Crippen molar-refractivity contribution in [1.82, 2.24) is 9.46 Å². The van der Waals surface area contributed by atoms with Crippen molar-refractivity contribution < 1.29 is 17.7 Å². The van der Waals surface area contributed by atoms with Crippen molar-refractivity contribution in [2.75, 3.05) is 18.0 Å². The van der Waals surface area contributed by atoms with Crippen LogP contribution in [0.2, 0.25) is 0 Å². The Labute approximate surface area is 212 Å². The Bertz CT molecular complexity index is 1400. The van der Waals surface area contributed by atoms with Gasteiger partial charge in [-0.05, 0) is 63.3 Å². The van der Waals surface area contributed by atoms with E-state index in [0.29, 0.717) is 18.5 Å². The van der Waals surface area contributed by atoms with Crippen LogP contribution in [-0.2, 0) is 21.2 Å². The number of nitrogens with zero attached hydrogens (tertiary/aromatic N) is 3. The van der Waals surface area contributed by atoms with E-state index in [1.165, 1.54) is 9.87 Å². The van der Waals surface area contributed by atoms with Crippen molar-refractivity contribution in [2.24, 2.45) is 5.92 Å². The first-order chi connectivity index (χ1) is 17.3. The smallest absolute Gasteiger partial charge is 0.248 e. The minimum atomic E-state index is -3.82. The summed E-state index contributed by atoms with van der Waals surface area (Å²) < 4.78 is 34.0. The van der Waals surface area contributed by atoms with Crippen molar-refractivity contribution in [1.29, 1.82) is 0 Å². The van der Waals surface area contributed by atoms with Crippen LogP contribution in [0, 0.1) is 19.8 Å². The lowest BCUT2D eigenvalue weighted by molar-refractivity contribution is -0.123. The van der Waals surface area contributed by atoms with E-state index in [1.54, 1.807) is 13.0 Å². The molecule has 0 spiro atoms. The second kappa shape index (κ2) is 9.67. The van der Waals surface area contributed by atoms with Crippen LogP contribution in [0.5, 0.6) is 0 Å². The number of sulfonamides is 1. The Morgan fingerprint density at radius 2 is 1.72 bits per heavy atom. The topological polar surface area (TPSA) is 83.7 Å². The lowest BCUT2D eigenvalue weighted by atomic mass is 9.96. The molecule has 2 aromatic carbocycles. The SMILES string of the molecule is Cc1ccc(C=Cc2onc(C)c2S(=O)(=O)N2CCC(C(=O)N3c4ccccc4CC3C)CC2)cc1. The number of aromatic nitrogens is 1. The third-order valence-corrected chi connectivity index (χ3v) is 9.24. The zero-order valence-corrected chi connectivity index (χ0v) is 21.7. The quantitative estimate of drug-likeness (QED) is 0.495. The normalized spacial score (nSPS) is 19.2. The van der Waals surface area contributed by atoms with Gasteiger partial charge >= 0.3 is 0 Å². The van der Waals surface area contributed by atoms with Gasteiger partial charge < -0.3 is 9.42 Å². The number of carbonyl (C=O) groups is 1. The minimum absolute atomic E-state index is 0.0902. The molecule has 1 atom stereocenters. The number of aryl methyl sites for hydroxylation is 2. The van der Waals surface area contributed by atoms with Gasteiger partial charge in [0.25, 0.3) is 0 Å². The van der Waals surface area contributed by atoms with Crippen molar-refractivity contribution >= 4 is 33.8 Å². The predicted molar refractivity (Wildman–Crippen MR) is 140 cm³/mol. The number of fused-ring (bicyclic) bond motifs is 1. The van der Waals surface area contributed by atoms with E-state index in [1.807, 2.05) is 60.4 Å². The number of benzene rings is 2. The average molecular weight is 506 g/mol. The van der Waals surface area contributed by atoms with E-state index in [0.717, 1.165) is 23.2 Å². The molecule has 0 radical (unpaired) electrons. The summed E-state index contributed by atoms with van der Waals surface area (Å²) in [6.45, 7) is 6.29. The predicted octanol–water partition coefficient (Wildman–Crippen LogP) is 4.84. The molecule has 0 bridgehead atoms. The van der Waals surface area contributed by atoms with Gasteiger partial charge in [-0.1, -0.05) is 59.3 Å². The molecule has 36 heavy (non-hydrogen) atoms. The summed E-state index contributed by atoms with van der Waals surface area (Å²) in [5.74, 6) is 0.107. The number of hydrogen-bond acceptors (Lipinski definition) is 5. The first-order valence-corrected chi connectivity index (χ1v) is 13.8. The molecule has 3 heterocycles. The molecule has 2 aliphatic heterocycles. The first-order valence-electron chi connectivity index (χ1n) is 12.4. The maximum absolute atomic E-state index is 13.6. The van der Waals surface area contributed by atoms with E-state index in [9.17, 15) is 13.2 Å². The molecule has 8 heteroatoms. The number of hydrogen-bond donors (Lipinski definition) is 0. The fourth-order valence-electron chi connectivity index (χ4n) is 5.22. The molecule has 0 aliphatic carbocycles. The summed E-state index contributed by atoms with van der Waals surface area (Å²) >= 11 is 0. The summed E-state index contributed by atoms with van der Waals surface area (Å²) in [6.07, 6.45) is 5.30. The second-order valence-corrected chi connectivity index (χ2v) is 11.6. The Balaban J connectivity index is 1.30. The lowest BCUT2D eigenvalue weighted by Crippen LogP contribution is -2.46. The van der Waals surface area contributed by atoms with Crippen LogP contribution < -0.4 is 4.90 Å². The molecule has 1 fully saturated rings. The molecule has 1 unspecified atom stereocenters. The second-order valence-electron chi connectivity index (χ2n) is 9.77. The first kappa shape index (κ1) is 24.5. The van der Waals surface area contributed by atoms with Gasteiger partial charge in [0.15, 0.2) is 10.7 Å². The van der Waals surface area contributed by atoms with E-state index < -0.39 is 10.0 Å². The number of amides is 1. The van der Waals surface area contributed by atoms with Gasteiger partial charge in [0.1, 0.15) is 5.69 Å². The van der Waals surface area contributed by atoms with Gasteiger partial charge in [-0.3, -0.25) is 4.79 Å². The Morgan fingerprint density at radius 1 is 1.03 bits per heavy atom. The molecule has 3 aromatic rings. The third-order valence-electron chi connectivity index (χ3n) is 7.18. The van der Waals surface area contributed by atoms with E-state index in [2.05, 4.69) is 18.1 Å². The molecule has 1 saturated heterocycles. The van der Waals surface area contributed by atoms with Crippen LogP contribution in [0.25, 0.3) is 12.2 Å². The third kappa shape index (κ3) is 4.51. The highest BCUT2D eigenvalue weighted by molar-refractivity contribution is 7.89. The highest BCUT2D eigenvalue weighted by atomic mass is 32.2. The van der Waals surface area contributed by atoms with Crippen molar-refractivity contribution in [3.8, 4) is 0 Å². The summed E-state index contributed by atoms with van der Waals surface area (Å²) in [5, 5.41) is 3.94. The van der Waals surface area contributed by atoms with Crippen LogP contribution in [0.3, 0.4) is 0 Å². The summed E-state index contributed by atoms with van der Waals surface area (Å²) in [6, 6.07) is 16.1. The largest absolute Gasteiger partial charge is 0.355 e. The number of rotatable bonds is 5. The van der Waals surface area contributed by atoms with Gasteiger partial charge in [-0.25, -0.2) is 8.42 Å². The summed E-state index contributed by atoms with van der Waals surface area (Å²) in [4.78, 5) is 15.4. The van der Waals surface area contributed by atoms with Gasteiger partial charge in [-0.15, -0.1) is 0 Å². The molecule has 7 nitrogen and oxygen atoms in total. The molecular formula is C28H31N3O4S. The summed E-state index contributed by atoms with van der Waals surface area (Å²) in [7, 11) is -3.82. The number of carbonyl (C=O) groups excluding carboxylic acids is 1. The molecule has 1 aromatic heterocycles. The van der Waals surface area contributed by atoms with Crippen molar-refractivity contribution in [2.45, 2.75) is 51.0 Å². The number of para-hydroxylation sites is 1. The van der Waals surface area contributed by atoms with E-state index in [4.69, 9.17) is 4.52 Å². The maximum atomic E-state index is 13.6. The molecule has 188 valence electrons. The van der Waals surface area contributed by atoms with Gasteiger partial charge in [0.05, 0.1) is 0 Å². The fraction of sp³-hybridized carbons (Fsp3) is 0.357. The number of anilines is 1. The highest BCUT2D eigenvalue weighted by Crippen LogP contribution is 2.35. The highest BCUT2D eigenvalue weighted by Gasteiger charge is 2.39. The van der Waals surface area contributed by atoms with Crippen LogP contribution in [0.1, 0.15) is 47.9 Å². The lowest BCUT2D eigenvalue weighted by Gasteiger charge is -2.34. The van der Waals surface area contributed by atoms with Gasteiger partial charge in [0.2, 0.25) is 15.9 Å². The zero-order chi connectivity index (χ0) is 25.4. The van der Waals surface area contributed by atoms with Gasteiger partial charge in [0, 0.05) is 30.7 Å². The molecule has 1 amide bonds. The van der Waals surface area contributed by atoms with Crippen molar-refractivity contribution in [3.05, 3.63) is 76.7 Å². The fourth-order valence-corrected chi connectivity index (χ4v) is 6.94. The van der Waals surface area contributed by atoms with Gasteiger partial charge in [-0.2, -0.15) is 4.31 Å². The molecular weight excluding hydrogens is 474 g/mol. The van der Waals surface area contributed by atoms with Crippen LogP contribution >= 0.6 is 0 Å². The van der Waals surface area contributed by atoms with E-state index in [-0.39, 0.29) is 41.6 Å². The Morgan fingerprint density at radius 3 is 2.44 bits per heavy atom. The minimum Gasteiger partial charge on any atom is -0.355 e.